The normalized spacial score (nSPS) is 11.9. The van der Waals surface area contributed by atoms with Crippen molar-refractivity contribution in [3.05, 3.63) is 30.1 Å². The highest BCUT2D eigenvalue weighted by Crippen LogP contribution is 2.13. The van der Waals surface area contributed by atoms with E-state index in [0.717, 1.165) is 0 Å². The fraction of sp³-hybridized carbons (Fsp3) is 0.250. The molecule has 0 radical (unpaired) electrons. The van der Waals surface area contributed by atoms with E-state index in [1.165, 1.54) is 12.1 Å². The van der Waals surface area contributed by atoms with E-state index in [9.17, 15) is 4.39 Å². The molecular weight excluding hydrogens is 237 g/mol. The van der Waals surface area contributed by atoms with Crippen molar-refractivity contribution in [1.29, 1.82) is 0 Å². The van der Waals surface area contributed by atoms with E-state index >= 15 is 0 Å². The van der Waals surface area contributed by atoms with Crippen LogP contribution in [0.1, 0.15) is 0 Å². The maximum atomic E-state index is 12.9. The summed E-state index contributed by atoms with van der Waals surface area (Å²) in [7, 11) is -1.41. The van der Waals surface area contributed by atoms with Crippen molar-refractivity contribution in [2.24, 2.45) is 4.99 Å². The first kappa shape index (κ1) is 13.0. The lowest BCUT2D eigenvalue weighted by atomic mass is 10.3. The van der Waals surface area contributed by atoms with Crippen LogP contribution < -0.4 is 0 Å². The molecule has 0 aliphatic heterocycles. The molecule has 0 N–H and O–H groups in total. The van der Waals surface area contributed by atoms with E-state index in [0.29, 0.717) is 10.7 Å². The first-order valence-electron chi connectivity index (χ1n) is 4.93. The minimum absolute atomic E-state index is 0.305. The molecule has 0 fully saturated rings. The highest BCUT2D eigenvalue weighted by atomic mass is 32.1. The van der Waals surface area contributed by atoms with Crippen molar-refractivity contribution in [1.82, 2.24) is 0 Å². The van der Waals surface area contributed by atoms with Crippen LogP contribution in [0.2, 0.25) is 19.6 Å². The van der Waals surface area contributed by atoms with Crippen molar-refractivity contribution in [2.45, 2.75) is 19.6 Å². The number of benzene rings is 1. The Hall–Kier alpha value is -1.05. The van der Waals surface area contributed by atoms with Gasteiger partial charge in [-0.15, -0.1) is 18.2 Å². The summed E-state index contributed by atoms with van der Waals surface area (Å²) in [6, 6.07) is 6.06. The first-order chi connectivity index (χ1) is 7.37. The topological polar surface area (TPSA) is 12.4 Å². The van der Waals surface area contributed by atoms with Crippen molar-refractivity contribution in [2.75, 3.05) is 0 Å². The number of thiol groups is 1. The van der Waals surface area contributed by atoms with Gasteiger partial charge in [0.25, 0.3) is 0 Å². The van der Waals surface area contributed by atoms with Crippen molar-refractivity contribution in [3.8, 4) is 11.5 Å². The summed E-state index contributed by atoms with van der Waals surface area (Å²) in [6.07, 6.45) is 0. The van der Waals surface area contributed by atoms with Gasteiger partial charge in [0.05, 0.1) is 5.69 Å². The average molecular weight is 251 g/mol. The molecule has 0 aliphatic carbocycles. The standard InChI is InChI=1S/C12H14FNSSi/c1-16(2,3)8-7-12(15)14-11-6-4-5-10(13)9-11/h4-6,9H,1-3H3,(H,14,15). The second kappa shape index (κ2) is 5.33. The van der Waals surface area contributed by atoms with E-state index < -0.39 is 8.07 Å². The molecule has 16 heavy (non-hydrogen) atoms. The number of halogens is 1. The van der Waals surface area contributed by atoms with Gasteiger partial charge in [-0.2, -0.15) is 0 Å². The van der Waals surface area contributed by atoms with Gasteiger partial charge in [-0.1, -0.05) is 25.7 Å². The highest BCUT2D eigenvalue weighted by molar-refractivity contribution is 7.97. The fourth-order valence-electron chi connectivity index (χ4n) is 0.939. The maximum absolute atomic E-state index is 12.9. The lowest BCUT2D eigenvalue weighted by molar-refractivity contribution is 0.628. The Morgan fingerprint density at radius 3 is 2.62 bits per heavy atom. The first-order valence-corrected chi connectivity index (χ1v) is 8.88. The molecule has 0 aliphatic rings. The summed E-state index contributed by atoms with van der Waals surface area (Å²) < 4.78 is 12.9. The molecule has 1 aromatic rings. The molecule has 0 spiro atoms. The molecule has 0 saturated heterocycles. The van der Waals surface area contributed by atoms with Crippen LogP contribution in [0, 0.1) is 17.3 Å². The molecule has 0 heterocycles. The van der Waals surface area contributed by atoms with Crippen LogP contribution in [0.4, 0.5) is 10.1 Å². The summed E-state index contributed by atoms with van der Waals surface area (Å²) in [5.74, 6) is 2.59. The monoisotopic (exact) mass is 251 g/mol. The lowest BCUT2D eigenvalue weighted by Gasteiger charge is -2.02. The van der Waals surface area contributed by atoms with Gasteiger partial charge >= 0.3 is 0 Å². The third-order valence-electron chi connectivity index (χ3n) is 1.59. The summed E-state index contributed by atoms with van der Waals surface area (Å²) in [5, 5.41) is 0.424. The van der Waals surface area contributed by atoms with E-state index in [1.807, 2.05) is 0 Å². The molecule has 0 unspecified atom stereocenters. The van der Waals surface area contributed by atoms with E-state index in [4.69, 9.17) is 0 Å². The molecule has 0 aromatic heterocycles. The van der Waals surface area contributed by atoms with Gasteiger partial charge in [-0.05, 0) is 24.1 Å². The third kappa shape index (κ3) is 5.15. The molecule has 1 rings (SSSR count). The molecule has 0 saturated carbocycles. The van der Waals surface area contributed by atoms with Gasteiger partial charge in [0, 0.05) is 0 Å². The average Bonchev–Trinajstić information content (AvgIpc) is 2.14. The summed E-state index contributed by atoms with van der Waals surface area (Å²) >= 11 is 4.16. The van der Waals surface area contributed by atoms with Crippen LogP contribution in [0.3, 0.4) is 0 Å². The summed E-state index contributed by atoms with van der Waals surface area (Å²) in [4.78, 5) is 4.11. The van der Waals surface area contributed by atoms with Crippen LogP contribution in [-0.4, -0.2) is 13.1 Å². The van der Waals surface area contributed by atoms with Crippen LogP contribution in [0.5, 0.6) is 0 Å². The van der Waals surface area contributed by atoms with Gasteiger partial charge in [-0.3, -0.25) is 0 Å². The van der Waals surface area contributed by atoms with Crippen LogP contribution in [-0.2, 0) is 0 Å². The Morgan fingerprint density at radius 1 is 1.38 bits per heavy atom. The summed E-state index contributed by atoms with van der Waals surface area (Å²) in [6.45, 7) is 6.43. The smallest absolute Gasteiger partial charge is 0.143 e. The number of nitrogens with zero attached hydrogens (tertiary/aromatic N) is 1. The Balaban J connectivity index is 2.88. The minimum Gasteiger partial charge on any atom is -0.233 e. The Kier molecular flexibility index (Phi) is 4.33. The molecule has 0 bridgehead atoms. The van der Waals surface area contributed by atoms with E-state index in [2.05, 4.69) is 48.7 Å². The second-order valence-electron chi connectivity index (χ2n) is 4.42. The number of rotatable bonds is 1. The molecule has 1 nitrogen and oxygen atoms in total. The zero-order chi connectivity index (χ0) is 12.2. The van der Waals surface area contributed by atoms with Gasteiger partial charge in [0.2, 0.25) is 0 Å². The van der Waals surface area contributed by atoms with Crippen LogP contribution in [0.15, 0.2) is 29.3 Å². The van der Waals surface area contributed by atoms with Crippen molar-refractivity contribution in [3.63, 3.8) is 0 Å². The summed E-state index contributed by atoms with van der Waals surface area (Å²) in [5.41, 5.74) is 3.68. The predicted molar refractivity (Wildman–Crippen MR) is 73.6 cm³/mol. The molecule has 1 aromatic carbocycles. The zero-order valence-corrected chi connectivity index (χ0v) is 11.5. The SMILES string of the molecule is C[Si](C)(C)C#CC(S)=Nc1cccc(F)c1. The second-order valence-corrected chi connectivity index (χ2v) is 9.59. The number of aliphatic imine (C=N–C) groups is 1. The molecule has 4 heteroatoms. The Bertz CT molecular complexity index is 466. The largest absolute Gasteiger partial charge is 0.233 e. The predicted octanol–water partition coefficient (Wildman–Crippen LogP) is 3.67. The quantitative estimate of drug-likeness (QED) is 0.257. The van der Waals surface area contributed by atoms with Gasteiger partial charge in [0.1, 0.15) is 18.9 Å². The van der Waals surface area contributed by atoms with Gasteiger partial charge in [0.15, 0.2) is 0 Å². The third-order valence-corrected chi connectivity index (χ3v) is 2.68. The number of hydrogen-bond donors (Lipinski definition) is 1. The van der Waals surface area contributed by atoms with Crippen LogP contribution >= 0.6 is 12.6 Å². The van der Waals surface area contributed by atoms with Gasteiger partial charge < -0.3 is 0 Å². The Labute approximate surface area is 102 Å². The molecule has 0 amide bonds. The Morgan fingerprint density at radius 2 is 2.06 bits per heavy atom. The fourth-order valence-corrected chi connectivity index (χ4v) is 1.71. The maximum Gasteiger partial charge on any atom is 0.143 e. The van der Waals surface area contributed by atoms with Crippen molar-refractivity contribution >= 4 is 31.4 Å². The van der Waals surface area contributed by atoms with Crippen LogP contribution in [0.25, 0.3) is 0 Å². The van der Waals surface area contributed by atoms with E-state index in [1.54, 1.807) is 12.1 Å². The number of hydrogen-bond acceptors (Lipinski definition) is 1. The molecule has 84 valence electrons. The van der Waals surface area contributed by atoms with Crippen molar-refractivity contribution < 1.29 is 4.39 Å². The highest BCUT2D eigenvalue weighted by Gasteiger charge is 2.07. The van der Waals surface area contributed by atoms with E-state index in [-0.39, 0.29) is 5.82 Å². The zero-order valence-electron chi connectivity index (χ0n) is 9.58. The van der Waals surface area contributed by atoms with Gasteiger partial charge in [-0.25, -0.2) is 9.38 Å². The minimum atomic E-state index is -1.41. The molecule has 0 atom stereocenters. The lowest BCUT2D eigenvalue weighted by Crippen LogP contribution is -2.16. The molecular formula is C12H14FNSSi.